The van der Waals surface area contributed by atoms with Crippen LogP contribution in [-0.2, 0) is 0 Å². The SMILES string of the molecule is CNc1ccnc(C(=O)NC2CCC(C)C(C)C2)c1. The highest BCUT2D eigenvalue weighted by molar-refractivity contribution is 5.93. The smallest absolute Gasteiger partial charge is 0.270 e. The fraction of sp³-hybridized carbons (Fsp3) is 0.600. The van der Waals surface area contributed by atoms with E-state index in [1.807, 2.05) is 13.1 Å². The monoisotopic (exact) mass is 261 g/mol. The molecule has 0 saturated heterocycles. The normalized spacial score (nSPS) is 26.8. The molecule has 1 aromatic heterocycles. The van der Waals surface area contributed by atoms with Gasteiger partial charge in [0, 0.05) is 25.0 Å². The van der Waals surface area contributed by atoms with Crippen molar-refractivity contribution in [2.24, 2.45) is 11.8 Å². The van der Waals surface area contributed by atoms with Crippen LogP contribution in [0.4, 0.5) is 5.69 Å². The number of aromatic nitrogens is 1. The van der Waals surface area contributed by atoms with Gasteiger partial charge >= 0.3 is 0 Å². The minimum absolute atomic E-state index is 0.0659. The van der Waals surface area contributed by atoms with Crippen LogP contribution in [0.25, 0.3) is 0 Å². The van der Waals surface area contributed by atoms with E-state index in [2.05, 4.69) is 29.5 Å². The minimum Gasteiger partial charge on any atom is -0.388 e. The third-order valence-corrected chi connectivity index (χ3v) is 4.21. The zero-order chi connectivity index (χ0) is 13.8. The summed E-state index contributed by atoms with van der Waals surface area (Å²) in [5.74, 6) is 1.37. The molecule has 19 heavy (non-hydrogen) atoms. The van der Waals surface area contributed by atoms with Gasteiger partial charge in [-0.05, 0) is 43.2 Å². The molecule has 1 amide bonds. The molecule has 2 N–H and O–H groups in total. The Morgan fingerprint density at radius 3 is 2.79 bits per heavy atom. The van der Waals surface area contributed by atoms with E-state index in [-0.39, 0.29) is 5.91 Å². The van der Waals surface area contributed by atoms with E-state index in [1.165, 1.54) is 6.42 Å². The third kappa shape index (κ3) is 3.46. The summed E-state index contributed by atoms with van der Waals surface area (Å²) in [6.45, 7) is 4.56. The predicted molar refractivity (Wildman–Crippen MR) is 77.2 cm³/mol. The molecule has 1 fully saturated rings. The molecule has 0 aromatic carbocycles. The number of carbonyl (C=O) groups excluding carboxylic acids is 1. The summed E-state index contributed by atoms with van der Waals surface area (Å²) in [5.41, 5.74) is 1.39. The lowest BCUT2D eigenvalue weighted by Crippen LogP contribution is -2.40. The molecule has 1 aliphatic rings. The first-order valence-electron chi connectivity index (χ1n) is 7.04. The van der Waals surface area contributed by atoms with Crippen LogP contribution >= 0.6 is 0 Å². The first-order valence-corrected chi connectivity index (χ1v) is 7.04. The minimum atomic E-state index is -0.0659. The molecule has 4 heteroatoms. The van der Waals surface area contributed by atoms with Crippen molar-refractivity contribution in [2.45, 2.75) is 39.2 Å². The summed E-state index contributed by atoms with van der Waals surface area (Å²) in [6, 6.07) is 3.92. The Balaban J connectivity index is 1.97. The van der Waals surface area contributed by atoms with E-state index >= 15 is 0 Å². The zero-order valence-corrected chi connectivity index (χ0v) is 11.9. The summed E-state index contributed by atoms with van der Waals surface area (Å²) >= 11 is 0. The lowest BCUT2D eigenvalue weighted by Gasteiger charge is -2.32. The molecular formula is C15H23N3O. The topological polar surface area (TPSA) is 54.0 Å². The number of nitrogens with one attached hydrogen (secondary N) is 2. The van der Waals surface area contributed by atoms with Gasteiger partial charge in [0.25, 0.3) is 5.91 Å². The summed E-state index contributed by atoms with van der Waals surface area (Å²) in [5, 5.41) is 6.13. The molecule has 104 valence electrons. The van der Waals surface area contributed by atoms with Gasteiger partial charge in [-0.15, -0.1) is 0 Å². The lowest BCUT2D eigenvalue weighted by atomic mass is 9.79. The molecule has 0 aliphatic heterocycles. The maximum atomic E-state index is 12.2. The van der Waals surface area contributed by atoms with Crippen LogP contribution in [0.15, 0.2) is 18.3 Å². The van der Waals surface area contributed by atoms with Crippen molar-refractivity contribution >= 4 is 11.6 Å². The van der Waals surface area contributed by atoms with E-state index in [0.717, 1.165) is 24.4 Å². The fourth-order valence-corrected chi connectivity index (χ4v) is 2.65. The molecule has 1 saturated carbocycles. The van der Waals surface area contributed by atoms with Crippen LogP contribution < -0.4 is 10.6 Å². The van der Waals surface area contributed by atoms with Crippen molar-refractivity contribution < 1.29 is 4.79 Å². The first kappa shape index (κ1) is 13.8. The molecule has 2 rings (SSSR count). The average Bonchev–Trinajstić information content (AvgIpc) is 2.43. The Morgan fingerprint density at radius 2 is 2.11 bits per heavy atom. The van der Waals surface area contributed by atoms with Gasteiger partial charge in [-0.3, -0.25) is 9.78 Å². The number of amides is 1. The Bertz CT molecular complexity index is 447. The van der Waals surface area contributed by atoms with Gasteiger partial charge in [0.15, 0.2) is 0 Å². The number of carbonyl (C=O) groups is 1. The first-order chi connectivity index (χ1) is 9.10. The predicted octanol–water partition coefficient (Wildman–Crippen LogP) is 2.68. The molecule has 0 spiro atoms. The quantitative estimate of drug-likeness (QED) is 0.879. The van der Waals surface area contributed by atoms with Crippen molar-refractivity contribution in [3.8, 4) is 0 Å². The Morgan fingerprint density at radius 1 is 1.32 bits per heavy atom. The summed E-state index contributed by atoms with van der Waals surface area (Å²) < 4.78 is 0. The average molecular weight is 261 g/mol. The van der Waals surface area contributed by atoms with E-state index < -0.39 is 0 Å². The molecule has 0 bridgehead atoms. The van der Waals surface area contributed by atoms with Gasteiger partial charge in [-0.1, -0.05) is 13.8 Å². The van der Waals surface area contributed by atoms with Gasteiger partial charge in [0.05, 0.1) is 0 Å². The van der Waals surface area contributed by atoms with Crippen LogP contribution in [0, 0.1) is 11.8 Å². The van der Waals surface area contributed by atoms with Crippen molar-refractivity contribution in [2.75, 3.05) is 12.4 Å². The Kier molecular flexibility index (Phi) is 4.40. The van der Waals surface area contributed by atoms with E-state index in [9.17, 15) is 4.79 Å². The Labute approximate surface area is 115 Å². The second-order valence-electron chi connectivity index (χ2n) is 5.62. The maximum absolute atomic E-state index is 12.2. The van der Waals surface area contributed by atoms with Crippen molar-refractivity contribution in [1.29, 1.82) is 0 Å². The highest BCUT2D eigenvalue weighted by atomic mass is 16.1. The summed E-state index contributed by atoms with van der Waals surface area (Å²) in [4.78, 5) is 16.3. The number of pyridine rings is 1. The maximum Gasteiger partial charge on any atom is 0.270 e. The summed E-state index contributed by atoms with van der Waals surface area (Å²) in [7, 11) is 1.83. The second kappa shape index (κ2) is 6.04. The van der Waals surface area contributed by atoms with Crippen LogP contribution in [0.5, 0.6) is 0 Å². The van der Waals surface area contributed by atoms with Crippen molar-refractivity contribution in [3.05, 3.63) is 24.0 Å². The van der Waals surface area contributed by atoms with Crippen molar-refractivity contribution in [3.63, 3.8) is 0 Å². The van der Waals surface area contributed by atoms with Crippen LogP contribution in [0.2, 0.25) is 0 Å². The van der Waals surface area contributed by atoms with Gasteiger partial charge < -0.3 is 10.6 Å². The molecule has 1 aromatic rings. The third-order valence-electron chi connectivity index (χ3n) is 4.21. The zero-order valence-electron chi connectivity index (χ0n) is 11.9. The number of anilines is 1. The van der Waals surface area contributed by atoms with Gasteiger partial charge in [-0.2, -0.15) is 0 Å². The van der Waals surface area contributed by atoms with Crippen molar-refractivity contribution in [1.82, 2.24) is 10.3 Å². The number of nitrogens with zero attached hydrogens (tertiary/aromatic N) is 1. The molecule has 3 atom stereocenters. The highest BCUT2D eigenvalue weighted by Crippen LogP contribution is 2.29. The van der Waals surface area contributed by atoms with E-state index in [1.54, 1.807) is 12.3 Å². The lowest BCUT2D eigenvalue weighted by molar-refractivity contribution is 0.0905. The van der Waals surface area contributed by atoms with Crippen LogP contribution in [-0.4, -0.2) is 24.0 Å². The van der Waals surface area contributed by atoms with Gasteiger partial charge in [0.2, 0.25) is 0 Å². The fourth-order valence-electron chi connectivity index (χ4n) is 2.65. The molecule has 1 aliphatic carbocycles. The molecule has 3 unspecified atom stereocenters. The second-order valence-corrected chi connectivity index (χ2v) is 5.62. The highest BCUT2D eigenvalue weighted by Gasteiger charge is 2.26. The largest absolute Gasteiger partial charge is 0.388 e. The molecule has 1 heterocycles. The standard InChI is InChI=1S/C15H23N3O/c1-10-4-5-13(8-11(10)2)18-15(19)14-9-12(16-3)6-7-17-14/h6-7,9-11,13H,4-5,8H2,1-3H3,(H,16,17)(H,18,19). The van der Waals surface area contributed by atoms with E-state index in [0.29, 0.717) is 17.7 Å². The molecule has 0 radical (unpaired) electrons. The number of rotatable bonds is 3. The Hall–Kier alpha value is -1.58. The molecular weight excluding hydrogens is 238 g/mol. The number of hydrogen-bond donors (Lipinski definition) is 2. The molecule has 4 nitrogen and oxygen atoms in total. The van der Waals surface area contributed by atoms with Gasteiger partial charge in [0.1, 0.15) is 5.69 Å². The van der Waals surface area contributed by atoms with Crippen LogP contribution in [0.1, 0.15) is 43.6 Å². The summed E-state index contributed by atoms with van der Waals surface area (Å²) in [6.07, 6.45) is 4.99. The van der Waals surface area contributed by atoms with Crippen LogP contribution in [0.3, 0.4) is 0 Å². The van der Waals surface area contributed by atoms with Gasteiger partial charge in [-0.25, -0.2) is 0 Å². The van der Waals surface area contributed by atoms with E-state index in [4.69, 9.17) is 0 Å². The number of hydrogen-bond acceptors (Lipinski definition) is 3.